The minimum absolute atomic E-state index is 0.594. The highest BCUT2D eigenvalue weighted by Gasteiger charge is 2.18. The van der Waals surface area contributed by atoms with E-state index in [-0.39, 0.29) is 0 Å². The van der Waals surface area contributed by atoms with Gasteiger partial charge in [-0.15, -0.1) is 0 Å². The van der Waals surface area contributed by atoms with E-state index in [1.807, 2.05) is 24.3 Å². The number of benzene rings is 4. The molecule has 158 valence electrons. The normalized spacial score (nSPS) is 17.4. The molecule has 33 heavy (non-hydrogen) atoms. The molecule has 0 radical (unpaired) electrons. The molecule has 1 N–H and O–H groups in total. The number of nitrogens with one attached hydrogen (secondary N) is 1. The van der Waals surface area contributed by atoms with Gasteiger partial charge in [-0.25, -0.2) is 0 Å². The van der Waals surface area contributed by atoms with Gasteiger partial charge in [0, 0.05) is 12.1 Å². The first-order valence-corrected chi connectivity index (χ1v) is 11.3. The second-order valence-corrected chi connectivity index (χ2v) is 8.09. The molecule has 4 aromatic rings. The van der Waals surface area contributed by atoms with Gasteiger partial charge < -0.3 is 5.41 Å². The van der Waals surface area contributed by atoms with Crippen LogP contribution in [0.4, 0.5) is 0 Å². The molecule has 1 aliphatic carbocycles. The van der Waals surface area contributed by atoms with Crippen LogP contribution >= 0.6 is 0 Å². The Balaban J connectivity index is 1.94. The molecule has 1 nitrogen and oxygen atoms in total. The van der Waals surface area contributed by atoms with Crippen molar-refractivity contribution in [2.75, 3.05) is 0 Å². The average molecular weight is 424 g/mol. The minimum Gasteiger partial charge on any atom is -0.305 e. The van der Waals surface area contributed by atoms with E-state index in [2.05, 4.69) is 109 Å². The molecule has 0 spiro atoms. The van der Waals surface area contributed by atoms with Crippen molar-refractivity contribution in [2.24, 2.45) is 0 Å². The molecule has 0 unspecified atom stereocenters. The second kappa shape index (κ2) is 9.50. The number of rotatable bonds is 2. The highest BCUT2D eigenvalue weighted by atomic mass is 14.4. The molecule has 4 aromatic carbocycles. The first kappa shape index (κ1) is 20.7. The fourth-order valence-electron chi connectivity index (χ4n) is 4.47. The van der Waals surface area contributed by atoms with Crippen molar-refractivity contribution in [1.82, 2.24) is 0 Å². The van der Waals surface area contributed by atoms with Crippen LogP contribution in [0.3, 0.4) is 0 Å². The Hall–Kier alpha value is -4.23. The summed E-state index contributed by atoms with van der Waals surface area (Å²) in [6.45, 7) is 0. The number of hydrogen-bond acceptors (Lipinski definition) is 1. The van der Waals surface area contributed by atoms with Crippen molar-refractivity contribution in [1.29, 1.82) is 5.41 Å². The molecular formula is C32H25N. The SMILES string of the molecule is N=C1/C=C/C=C/c2c(c(-c3ccccc3)c3ccccc3c2-c2ccccc2)/C=C\C=C/C1. The zero-order chi connectivity index (χ0) is 22.5. The maximum absolute atomic E-state index is 8.10. The van der Waals surface area contributed by atoms with Crippen molar-refractivity contribution in [2.45, 2.75) is 6.42 Å². The summed E-state index contributed by atoms with van der Waals surface area (Å²) >= 11 is 0. The summed E-state index contributed by atoms with van der Waals surface area (Å²) in [6.07, 6.45) is 17.1. The molecule has 0 heterocycles. The lowest BCUT2D eigenvalue weighted by atomic mass is 9.83. The highest BCUT2D eigenvalue weighted by Crippen LogP contribution is 2.43. The van der Waals surface area contributed by atoms with Crippen molar-refractivity contribution in [3.05, 3.63) is 133 Å². The van der Waals surface area contributed by atoms with Gasteiger partial charge in [-0.05, 0) is 50.2 Å². The summed E-state index contributed by atoms with van der Waals surface area (Å²) in [5.41, 5.74) is 7.84. The molecule has 0 saturated carbocycles. The van der Waals surface area contributed by atoms with E-state index in [0.717, 1.165) is 0 Å². The molecule has 1 aliphatic rings. The van der Waals surface area contributed by atoms with Gasteiger partial charge in [-0.1, -0.05) is 127 Å². The molecule has 0 saturated heterocycles. The Morgan fingerprint density at radius 1 is 0.485 bits per heavy atom. The summed E-state index contributed by atoms with van der Waals surface area (Å²) < 4.78 is 0. The molecular weight excluding hydrogens is 398 g/mol. The van der Waals surface area contributed by atoms with E-state index in [9.17, 15) is 0 Å². The van der Waals surface area contributed by atoms with Crippen LogP contribution < -0.4 is 0 Å². The van der Waals surface area contributed by atoms with Crippen molar-refractivity contribution in [3.8, 4) is 22.3 Å². The van der Waals surface area contributed by atoms with Crippen molar-refractivity contribution >= 4 is 28.6 Å². The lowest BCUT2D eigenvalue weighted by Crippen LogP contribution is -1.96. The first-order chi connectivity index (χ1) is 16.3. The van der Waals surface area contributed by atoms with Crippen LogP contribution in [0, 0.1) is 5.41 Å². The van der Waals surface area contributed by atoms with Crippen molar-refractivity contribution < 1.29 is 0 Å². The standard InChI is InChI=1S/C32H25N/c33-26-18-8-3-9-20-27-28(21-11-10-19-26)32(25-16-6-2-7-17-25)30-23-13-12-22-29(30)31(27)24-14-4-1-5-15-24/h1-17,19-23,33H,18H2/b8-3-,19-10+,20-9-,21-11+,33-26?. The summed E-state index contributed by atoms with van der Waals surface area (Å²) in [5.74, 6) is 0. The Morgan fingerprint density at radius 3 is 1.48 bits per heavy atom. The van der Waals surface area contributed by atoms with E-state index in [1.54, 1.807) is 0 Å². The van der Waals surface area contributed by atoms with Crippen LogP contribution in [0.25, 0.3) is 45.2 Å². The third-order valence-electron chi connectivity index (χ3n) is 5.94. The summed E-state index contributed by atoms with van der Waals surface area (Å²) in [5, 5.41) is 10.6. The van der Waals surface area contributed by atoms with E-state index < -0.39 is 0 Å². The molecule has 0 amide bonds. The van der Waals surface area contributed by atoms with Gasteiger partial charge in [0.2, 0.25) is 0 Å². The highest BCUT2D eigenvalue weighted by molar-refractivity contribution is 6.11. The summed E-state index contributed by atoms with van der Waals surface area (Å²) in [6, 6.07) is 30.0. The Labute approximate surface area is 195 Å². The molecule has 0 aromatic heterocycles. The molecule has 0 aliphatic heterocycles. The van der Waals surface area contributed by atoms with Crippen LogP contribution in [0.15, 0.2) is 121 Å². The zero-order valence-electron chi connectivity index (χ0n) is 18.4. The lowest BCUT2D eigenvalue weighted by Gasteiger charge is -2.20. The van der Waals surface area contributed by atoms with Crippen LogP contribution in [-0.2, 0) is 0 Å². The number of fused-ring (bicyclic) bond motifs is 2. The molecule has 0 atom stereocenters. The van der Waals surface area contributed by atoms with Gasteiger partial charge in [0.25, 0.3) is 0 Å². The average Bonchev–Trinajstić information content (AvgIpc) is 2.86. The molecule has 1 heteroatoms. The third kappa shape index (κ3) is 4.26. The van der Waals surface area contributed by atoms with E-state index in [0.29, 0.717) is 12.1 Å². The lowest BCUT2D eigenvalue weighted by molar-refractivity contribution is 1.38. The first-order valence-electron chi connectivity index (χ1n) is 11.3. The van der Waals surface area contributed by atoms with E-state index >= 15 is 0 Å². The van der Waals surface area contributed by atoms with Gasteiger partial charge in [0.1, 0.15) is 0 Å². The van der Waals surface area contributed by atoms with Crippen molar-refractivity contribution in [3.63, 3.8) is 0 Å². The largest absolute Gasteiger partial charge is 0.305 e. The molecule has 0 bridgehead atoms. The van der Waals surface area contributed by atoms with Crippen LogP contribution in [0.2, 0.25) is 0 Å². The van der Waals surface area contributed by atoms with Gasteiger partial charge in [-0.2, -0.15) is 0 Å². The number of allylic oxidation sites excluding steroid dienone is 6. The van der Waals surface area contributed by atoms with Crippen LogP contribution in [-0.4, -0.2) is 5.71 Å². The maximum Gasteiger partial charge on any atom is 0.0351 e. The van der Waals surface area contributed by atoms with Gasteiger partial charge in [0.15, 0.2) is 0 Å². The predicted molar refractivity (Wildman–Crippen MR) is 144 cm³/mol. The topological polar surface area (TPSA) is 23.9 Å². The van der Waals surface area contributed by atoms with Gasteiger partial charge >= 0.3 is 0 Å². The smallest absolute Gasteiger partial charge is 0.0351 e. The fourth-order valence-corrected chi connectivity index (χ4v) is 4.47. The predicted octanol–water partition coefficient (Wildman–Crippen LogP) is 8.74. The number of hydrogen-bond donors (Lipinski definition) is 1. The Bertz CT molecular complexity index is 1420. The minimum atomic E-state index is 0.594. The Morgan fingerprint density at radius 2 is 0.939 bits per heavy atom. The third-order valence-corrected chi connectivity index (χ3v) is 5.94. The van der Waals surface area contributed by atoms with Crippen LogP contribution in [0.1, 0.15) is 17.5 Å². The van der Waals surface area contributed by atoms with E-state index in [1.165, 1.54) is 44.2 Å². The Kier molecular flexibility index (Phi) is 5.95. The molecule has 5 rings (SSSR count). The van der Waals surface area contributed by atoms with Gasteiger partial charge in [-0.3, -0.25) is 0 Å². The monoisotopic (exact) mass is 423 g/mol. The maximum atomic E-state index is 8.10. The fraction of sp³-hybridized carbons (Fsp3) is 0.0312. The quantitative estimate of drug-likeness (QED) is 0.333. The summed E-state index contributed by atoms with van der Waals surface area (Å²) in [7, 11) is 0. The van der Waals surface area contributed by atoms with Crippen LogP contribution in [0.5, 0.6) is 0 Å². The van der Waals surface area contributed by atoms with Gasteiger partial charge in [0.05, 0.1) is 0 Å². The second-order valence-electron chi connectivity index (χ2n) is 8.09. The molecule has 0 fully saturated rings. The van der Waals surface area contributed by atoms with E-state index in [4.69, 9.17) is 5.41 Å². The summed E-state index contributed by atoms with van der Waals surface area (Å²) in [4.78, 5) is 0. The zero-order valence-corrected chi connectivity index (χ0v) is 18.4.